The lowest BCUT2D eigenvalue weighted by Gasteiger charge is -2.37. The lowest BCUT2D eigenvalue weighted by atomic mass is 9.87. The molecule has 1 N–H and O–H groups in total. The number of imide groups is 1. The highest BCUT2D eigenvalue weighted by atomic mass is 16.2. The van der Waals surface area contributed by atoms with Crippen molar-refractivity contribution in [3.63, 3.8) is 0 Å². The number of piperidine rings is 1. The molecule has 3 saturated heterocycles. The molecule has 0 aliphatic carbocycles. The highest BCUT2D eigenvalue weighted by Crippen LogP contribution is 2.29. The van der Waals surface area contributed by atoms with Crippen molar-refractivity contribution in [3.05, 3.63) is 30.3 Å². The highest BCUT2D eigenvalue weighted by molar-refractivity contribution is 6.09. The fourth-order valence-electron chi connectivity index (χ4n) is 4.72. The van der Waals surface area contributed by atoms with Crippen molar-refractivity contribution in [2.45, 2.75) is 31.7 Å². The van der Waals surface area contributed by atoms with Crippen molar-refractivity contribution in [1.82, 2.24) is 20.0 Å². The number of nitrogens with one attached hydrogen (secondary N) is 1. The normalized spacial score (nSPS) is 22.0. The first kappa shape index (κ1) is 20.7. The van der Waals surface area contributed by atoms with E-state index >= 15 is 0 Å². The van der Waals surface area contributed by atoms with E-state index in [-0.39, 0.29) is 18.4 Å². The molecule has 3 heterocycles. The summed E-state index contributed by atoms with van der Waals surface area (Å²) in [6.07, 6.45) is 2.29. The van der Waals surface area contributed by atoms with Crippen molar-refractivity contribution in [3.8, 4) is 0 Å². The maximum absolute atomic E-state index is 13.1. The maximum Gasteiger partial charge on any atom is 0.325 e. The van der Waals surface area contributed by atoms with E-state index in [0.29, 0.717) is 25.9 Å². The van der Waals surface area contributed by atoms with E-state index < -0.39 is 11.6 Å². The molecule has 0 bridgehead atoms. The molecule has 0 saturated carbocycles. The van der Waals surface area contributed by atoms with Crippen molar-refractivity contribution in [1.29, 1.82) is 0 Å². The number of anilines is 1. The lowest BCUT2D eigenvalue weighted by molar-refractivity contribution is -0.140. The van der Waals surface area contributed by atoms with Crippen LogP contribution in [0, 0.1) is 0 Å². The van der Waals surface area contributed by atoms with Crippen LogP contribution in [0.25, 0.3) is 0 Å². The fourth-order valence-corrected chi connectivity index (χ4v) is 4.72. The van der Waals surface area contributed by atoms with E-state index in [0.717, 1.165) is 49.7 Å². The third kappa shape index (κ3) is 4.01. The van der Waals surface area contributed by atoms with Crippen molar-refractivity contribution >= 4 is 23.5 Å². The zero-order chi connectivity index (χ0) is 21.1. The second-order valence-electron chi connectivity index (χ2n) is 8.45. The van der Waals surface area contributed by atoms with Gasteiger partial charge in [0.1, 0.15) is 12.1 Å². The number of rotatable bonds is 5. The van der Waals surface area contributed by atoms with Gasteiger partial charge < -0.3 is 20.0 Å². The fraction of sp³-hybridized carbons (Fsp3) is 0.591. The number of likely N-dealkylation sites (tertiary alicyclic amines) is 1. The highest BCUT2D eigenvalue weighted by Gasteiger charge is 2.52. The first-order valence-corrected chi connectivity index (χ1v) is 11.0. The minimum atomic E-state index is -0.826. The van der Waals surface area contributed by atoms with Crippen molar-refractivity contribution in [2.75, 3.05) is 57.3 Å². The molecule has 4 rings (SSSR count). The molecule has 3 aliphatic heterocycles. The van der Waals surface area contributed by atoms with Crippen LogP contribution < -0.4 is 10.2 Å². The molecule has 4 amide bonds. The molecule has 0 unspecified atom stereocenters. The number of urea groups is 1. The van der Waals surface area contributed by atoms with Crippen LogP contribution >= 0.6 is 0 Å². The number of carbonyl (C=O) groups is 3. The second kappa shape index (κ2) is 8.63. The van der Waals surface area contributed by atoms with Crippen LogP contribution in [-0.4, -0.2) is 90.4 Å². The first-order chi connectivity index (χ1) is 14.5. The minimum Gasteiger partial charge on any atom is -0.368 e. The quantitative estimate of drug-likeness (QED) is 0.733. The summed E-state index contributed by atoms with van der Waals surface area (Å²) in [6, 6.07) is 9.70. The van der Waals surface area contributed by atoms with Gasteiger partial charge >= 0.3 is 6.03 Å². The van der Waals surface area contributed by atoms with Crippen LogP contribution in [0.15, 0.2) is 30.3 Å². The van der Waals surface area contributed by atoms with E-state index in [4.69, 9.17) is 0 Å². The van der Waals surface area contributed by atoms with E-state index in [1.54, 1.807) is 4.90 Å². The number of piperazine rings is 1. The number of hydrogen-bond donors (Lipinski definition) is 1. The summed E-state index contributed by atoms with van der Waals surface area (Å²) in [6.45, 7) is 7.24. The maximum atomic E-state index is 13.1. The Labute approximate surface area is 177 Å². The molecule has 8 heteroatoms. The molecule has 0 atom stereocenters. The van der Waals surface area contributed by atoms with Gasteiger partial charge in [0, 0.05) is 45.0 Å². The van der Waals surface area contributed by atoms with Gasteiger partial charge in [-0.25, -0.2) is 4.79 Å². The third-order valence-corrected chi connectivity index (χ3v) is 6.54. The number of amides is 4. The Morgan fingerprint density at radius 1 is 1.00 bits per heavy atom. The molecule has 8 nitrogen and oxygen atoms in total. The van der Waals surface area contributed by atoms with E-state index in [2.05, 4.69) is 34.2 Å². The average Bonchev–Trinajstić information content (AvgIpc) is 3.00. The van der Waals surface area contributed by atoms with Crippen molar-refractivity contribution in [2.24, 2.45) is 0 Å². The number of hydrogen-bond acceptors (Lipinski definition) is 5. The van der Waals surface area contributed by atoms with Gasteiger partial charge in [0.25, 0.3) is 5.91 Å². The number of para-hydroxylation sites is 1. The molecular formula is C22H31N5O3. The summed E-state index contributed by atoms with van der Waals surface area (Å²) < 4.78 is 0. The van der Waals surface area contributed by atoms with Crippen LogP contribution in [0.2, 0.25) is 0 Å². The van der Waals surface area contributed by atoms with Crippen LogP contribution in [0.4, 0.5) is 10.5 Å². The Bertz CT molecular complexity index is 783. The predicted octanol–water partition coefficient (Wildman–Crippen LogP) is 1.13. The van der Waals surface area contributed by atoms with Gasteiger partial charge in [-0.05, 0) is 37.9 Å². The average molecular weight is 414 g/mol. The third-order valence-electron chi connectivity index (χ3n) is 6.54. The smallest absolute Gasteiger partial charge is 0.325 e. The number of benzene rings is 1. The molecule has 0 aromatic heterocycles. The standard InChI is InChI=1S/C22H31N5O3/c1-2-10-24-11-8-22(9-12-24)20(29)27(21(30)23-22)17-19(28)26-15-13-25(14-16-26)18-6-4-3-5-7-18/h3-7H,2,8-17H2,1H3,(H,23,30). The molecular weight excluding hydrogens is 382 g/mol. The van der Waals surface area contributed by atoms with Gasteiger partial charge in [-0.2, -0.15) is 0 Å². The van der Waals surface area contributed by atoms with Crippen molar-refractivity contribution < 1.29 is 14.4 Å². The van der Waals surface area contributed by atoms with Gasteiger partial charge in [0.05, 0.1) is 0 Å². The molecule has 0 radical (unpaired) electrons. The van der Waals surface area contributed by atoms with Crippen LogP contribution in [0.1, 0.15) is 26.2 Å². The van der Waals surface area contributed by atoms with Gasteiger partial charge in [-0.3, -0.25) is 14.5 Å². The first-order valence-electron chi connectivity index (χ1n) is 11.0. The Kier molecular flexibility index (Phi) is 5.94. The molecule has 30 heavy (non-hydrogen) atoms. The van der Waals surface area contributed by atoms with Gasteiger partial charge in [0.2, 0.25) is 5.91 Å². The number of carbonyl (C=O) groups excluding carboxylic acids is 3. The Hall–Kier alpha value is -2.61. The van der Waals surface area contributed by atoms with Crippen LogP contribution in [0.3, 0.4) is 0 Å². The molecule has 1 aromatic carbocycles. The minimum absolute atomic E-state index is 0.160. The molecule has 3 fully saturated rings. The Morgan fingerprint density at radius 3 is 2.30 bits per heavy atom. The zero-order valence-electron chi connectivity index (χ0n) is 17.7. The predicted molar refractivity (Wildman–Crippen MR) is 114 cm³/mol. The van der Waals surface area contributed by atoms with Gasteiger partial charge in [-0.1, -0.05) is 25.1 Å². The van der Waals surface area contributed by atoms with Gasteiger partial charge in [0.15, 0.2) is 0 Å². The van der Waals surface area contributed by atoms with E-state index in [1.165, 1.54) is 0 Å². The molecule has 1 aromatic rings. The van der Waals surface area contributed by atoms with Crippen LogP contribution in [-0.2, 0) is 9.59 Å². The molecule has 3 aliphatic rings. The topological polar surface area (TPSA) is 76.2 Å². The summed E-state index contributed by atoms with van der Waals surface area (Å²) in [4.78, 5) is 45.9. The summed E-state index contributed by atoms with van der Waals surface area (Å²) in [5, 5.41) is 2.90. The Morgan fingerprint density at radius 2 is 1.67 bits per heavy atom. The zero-order valence-corrected chi connectivity index (χ0v) is 17.7. The van der Waals surface area contributed by atoms with Gasteiger partial charge in [-0.15, -0.1) is 0 Å². The van der Waals surface area contributed by atoms with E-state index in [1.807, 2.05) is 18.2 Å². The lowest BCUT2D eigenvalue weighted by Crippen LogP contribution is -2.55. The summed E-state index contributed by atoms with van der Waals surface area (Å²) >= 11 is 0. The largest absolute Gasteiger partial charge is 0.368 e. The van der Waals surface area contributed by atoms with E-state index in [9.17, 15) is 14.4 Å². The van der Waals surface area contributed by atoms with Crippen LogP contribution in [0.5, 0.6) is 0 Å². The molecule has 162 valence electrons. The Balaban J connectivity index is 1.32. The molecule has 1 spiro atoms. The summed E-state index contributed by atoms with van der Waals surface area (Å²) in [7, 11) is 0. The second-order valence-corrected chi connectivity index (χ2v) is 8.45. The monoisotopic (exact) mass is 413 g/mol. The number of nitrogens with zero attached hydrogens (tertiary/aromatic N) is 4. The summed E-state index contributed by atoms with van der Waals surface area (Å²) in [5.41, 5.74) is 0.322. The summed E-state index contributed by atoms with van der Waals surface area (Å²) in [5.74, 6) is -0.397. The SMILES string of the molecule is CCCN1CCC2(CC1)NC(=O)N(CC(=O)N1CCN(c3ccccc3)CC1)C2=O.